The van der Waals surface area contributed by atoms with E-state index in [1.165, 1.54) is 0 Å². The molecule has 0 spiro atoms. The van der Waals surface area contributed by atoms with E-state index in [9.17, 15) is 10.4 Å². The van der Waals surface area contributed by atoms with Gasteiger partial charge in [0, 0.05) is 36.0 Å². The average Bonchev–Trinajstić information content (AvgIpc) is 2.95. The molecule has 1 aliphatic rings. The number of fused-ring (bicyclic) bond motifs is 2. The molecule has 6 nitrogen and oxygen atoms in total. The first-order chi connectivity index (χ1) is 11.2. The zero-order valence-electron chi connectivity index (χ0n) is 12.5. The number of aromatic nitrogens is 3. The van der Waals surface area contributed by atoms with Crippen LogP contribution in [0.2, 0.25) is 0 Å². The molecule has 3 heterocycles. The second-order valence-electron chi connectivity index (χ2n) is 5.62. The highest BCUT2D eigenvalue weighted by molar-refractivity contribution is 5.90. The lowest BCUT2D eigenvalue weighted by Gasteiger charge is -2.23. The third-order valence-corrected chi connectivity index (χ3v) is 4.27. The second-order valence-corrected chi connectivity index (χ2v) is 5.62. The van der Waals surface area contributed by atoms with Crippen molar-refractivity contribution in [2.24, 2.45) is 7.05 Å². The van der Waals surface area contributed by atoms with Crippen molar-refractivity contribution in [3.05, 3.63) is 47.4 Å². The summed E-state index contributed by atoms with van der Waals surface area (Å²) in [5.74, 6) is 0. The van der Waals surface area contributed by atoms with Gasteiger partial charge in [-0.25, -0.2) is 0 Å². The van der Waals surface area contributed by atoms with Crippen molar-refractivity contribution in [1.29, 1.82) is 5.26 Å². The minimum absolute atomic E-state index is 0.280. The molecular formula is C17H14N4O2. The number of pyridine rings is 1. The van der Waals surface area contributed by atoms with E-state index in [0.29, 0.717) is 12.2 Å². The molecule has 0 aliphatic carbocycles. The smallest absolute Gasteiger partial charge is 0.104 e. The van der Waals surface area contributed by atoms with Gasteiger partial charge < -0.3 is 9.84 Å². The maximum atomic E-state index is 10.1. The van der Waals surface area contributed by atoms with Crippen LogP contribution in [0.5, 0.6) is 0 Å². The van der Waals surface area contributed by atoms with Gasteiger partial charge in [0.25, 0.3) is 0 Å². The van der Waals surface area contributed by atoms with Crippen LogP contribution in [0.4, 0.5) is 0 Å². The third kappa shape index (κ3) is 2.10. The summed E-state index contributed by atoms with van der Waals surface area (Å²) in [6.45, 7) is 0.706. The molecule has 1 aliphatic heterocycles. The van der Waals surface area contributed by atoms with Crippen molar-refractivity contribution in [2.45, 2.75) is 12.7 Å². The van der Waals surface area contributed by atoms with Crippen LogP contribution in [-0.2, 0) is 18.4 Å². The van der Waals surface area contributed by atoms with Crippen molar-refractivity contribution in [2.75, 3.05) is 6.61 Å². The van der Waals surface area contributed by atoms with Gasteiger partial charge in [0.2, 0.25) is 0 Å². The number of aliphatic hydroxyl groups is 1. The Hall–Kier alpha value is -2.75. The number of ether oxygens (including phenoxy) is 1. The quantitative estimate of drug-likeness (QED) is 0.744. The minimum Gasteiger partial charge on any atom is -0.386 e. The molecule has 23 heavy (non-hydrogen) atoms. The van der Waals surface area contributed by atoms with Gasteiger partial charge in [-0.1, -0.05) is 0 Å². The predicted octanol–water partition coefficient (Wildman–Crippen LogP) is 2.07. The van der Waals surface area contributed by atoms with Crippen LogP contribution in [0.1, 0.15) is 22.8 Å². The molecule has 1 N–H and O–H groups in total. The largest absolute Gasteiger partial charge is 0.386 e. The Bertz CT molecular complexity index is 955. The van der Waals surface area contributed by atoms with Crippen LogP contribution in [0.25, 0.3) is 22.0 Å². The van der Waals surface area contributed by atoms with E-state index in [1.54, 1.807) is 23.3 Å². The number of hydrogen-bond donors (Lipinski definition) is 1. The highest BCUT2D eigenvalue weighted by atomic mass is 16.5. The Morgan fingerprint density at radius 3 is 3.04 bits per heavy atom. The molecule has 1 aromatic carbocycles. The van der Waals surface area contributed by atoms with Gasteiger partial charge in [-0.3, -0.25) is 9.67 Å². The van der Waals surface area contributed by atoms with Crippen LogP contribution in [0.3, 0.4) is 0 Å². The monoisotopic (exact) mass is 306 g/mol. The van der Waals surface area contributed by atoms with Gasteiger partial charge in [0.15, 0.2) is 0 Å². The predicted molar refractivity (Wildman–Crippen MR) is 83.3 cm³/mol. The van der Waals surface area contributed by atoms with Crippen LogP contribution in [-0.4, -0.2) is 26.5 Å². The number of aliphatic hydroxyl groups excluding tert-OH is 1. The van der Waals surface area contributed by atoms with Gasteiger partial charge in [-0.05, 0) is 23.3 Å². The lowest BCUT2D eigenvalue weighted by Crippen LogP contribution is -2.17. The fraction of sp³-hybridized carbons (Fsp3) is 0.235. The summed E-state index contributed by atoms with van der Waals surface area (Å²) in [5, 5.41) is 24.6. The molecule has 2 aromatic heterocycles. The maximum absolute atomic E-state index is 10.1. The Labute approximate surface area is 132 Å². The first-order valence-electron chi connectivity index (χ1n) is 7.28. The maximum Gasteiger partial charge on any atom is 0.104 e. The standard InChI is InChI=1S/C17H14N4O2/c1-21-16-3-10(2-11(4-18)13(16)7-20-21)12-5-19-6-14-15(12)8-23-9-17(14)22/h2-3,5-7,17,22H,8-9H2,1H3. The van der Waals surface area contributed by atoms with E-state index < -0.39 is 6.10 Å². The highest BCUT2D eigenvalue weighted by Gasteiger charge is 2.22. The molecule has 0 saturated carbocycles. The topological polar surface area (TPSA) is 84.0 Å². The summed E-state index contributed by atoms with van der Waals surface area (Å²) < 4.78 is 7.21. The first kappa shape index (κ1) is 13.9. The molecule has 3 aromatic rings. The molecule has 0 bridgehead atoms. The summed E-state index contributed by atoms with van der Waals surface area (Å²) in [7, 11) is 1.85. The number of nitrogens with zero attached hydrogens (tertiary/aromatic N) is 4. The molecule has 0 radical (unpaired) electrons. The lowest BCUT2D eigenvalue weighted by molar-refractivity contribution is 0.00981. The Morgan fingerprint density at radius 1 is 1.35 bits per heavy atom. The molecule has 114 valence electrons. The van der Waals surface area contributed by atoms with Crippen LogP contribution >= 0.6 is 0 Å². The summed E-state index contributed by atoms with van der Waals surface area (Å²) in [5.41, 5.74) is 4.91. The number of benzene rings is 1. The number of hydrogen-bond acceptors (Lipinski definition) is 5. The number of rotatable bonds is 1. The average molecular weight is 306 g/mol. The summed E-state index contributed by atoms with van der Waals surface area (Å²) in [6, 6.07) is 6.05. The zero-order valence-corrected chi connectivity index (χ0v) is 12.5. The molecule has 1 unspecified atom stereocenters. The first-order valence-corrected chi connectivity index (χ1v) is 7.28. The Kier molecular flexibility index (Phi) is 3.11. The van der Waals surface area contributed by atoms with Crippen molar-refractivity contribution in [3.63, 3.8) is 0 Å². The zero-order chi connectivity index (χ0) is 16.0. The molecule has 6 heteroatoms. The normalized spacial score (nSPS) is 17.0. The molecular weight excluding hydrogens is 292 g/mol. The number of aryl methyl sites for hydroxylation is 1. The van der Waals surface area contributed by atoms with Gasteiger partial charge in [-0.15, -0.1) is 0 Å². The van der Waals surface area contributed by atoms with Crippen molar-refractivity contribution < 1.29 is 9.84 Å². The minimum atomic E-state index is -0.665. The van der Waals surface area contributed by atoms with Crippen LogP contribution in [0, 0.1) is 11.3 Å². The summed E-state index contributed by atoms with van der Waals surface area (Å²) >= 11 is 0. The van der Waals surface area contributed by atoms with Crippen LogP contribution in [0.15, 0.2) is 30.7 Å². The molecule has 0 fully saturated rings. The van der Waals surface area contributed by atoms with Gasteiger partial charge >= 0.3 is 0 Å². The molecule has 0 amide bonds. The van der Waals surface area contributed by atoms with Gasteiger partial charge in [-0.2, -0.15) is 10.4 Å². The summed E-state index contributed by atoms with van der Waals surface area (Å²) in [6.07, 6.45) is 4.46. The third-order valence-electron chi connectivity index (χ3n) is 4.27. The molecule has 1 atom stereocenters. The van der Waals surface area contributed by atoms with E-state index in [0.717, 1.165) is 33.2 Å². The SMILES string of the molecule is Cn1ncc2c(C#N)cc(-c3cncc4c3COCC4O)cc21. The van der Waals surface area contributed by atoms with Crippen molar-refractivity contribution >= 4 is 10.9 Å². The van der Waals surface area contributed by atoms with E-state index in [2.05, 4.69) is 16.2 Å². The fourth-order valence-electron chi connectivity index (χ4n) is 3.06. The summed E-state index contributed by atoms with van der Waals surface area (Å²) in [4.78, 5) is 4.25. The van der Waals surface area contributed by atoms with E-state index in [-0.39, 0.29) is 6.61 Å². The molecule has 4 rings (SSSR count). The Morgan fingerprint density at radius 2 is 2.22 bits per heavy atom. The van der Waals surface area contributed by atoms with Crippen molar-refractivity contribution in [3.8, 4) is 17.2 Å². The van der Waals surface area contributed by atoms with Crippen molar-refractivity contribution in [1.82, 2.24) is 14.8 Å². The number of nitriles is 1. The molecule has 0 saturated heterocycles. The lowest BCUT2D eigenvalue weighted by atomic mass is 9.93. The van der Waals surface area contributed by atoms with E-state index >= 15 is 0 Å². The van der Waals surface area contributed by atoms with E-state index in [1.807, 2.05) is 19.2 Å². The Balaban J connectivity index is 1.99. The van der Waals surface area contributed by atoms with Gasteiger partial charge in [0.1, 0.15) is 6.10 Å². The highest BCUT2D eigenvalue weighted by Crippen LogP contribution is 2.34. The van der Waals surface area contributed by atoms with E-state index in [4.69, 9.17) is 4.74 Å². The van der Waals surface area contributed by atoms with Crippen LogP contribution < -0.4 is 0 Å². The fourth-order valence-corrected chi connectivity index (χ4v) is 3.06. The second kappa shape index (κ2) is 5.16. The van der Waals surface area contributed by atoms with Gasteiger partial charge in [0.05, 0.1) is 36.6 Å².